The van der Waals surface area contributed by atoms with E-state index in [1.54, 1.807) is 19.2 Å². The number of amides is 2. The molecular weight excluding hydrogens is 234 g/mol. The summed E-state index contributed by atoms with van der Waals surface area (Å²) in [5.41, 5.74) is 0. The van der Waals surface area contributed by atoms with E-state index in [4.69, 9.17) is 14.7 Å². The molecule has 0 aliphatic carbocycles. The number of nitriles is 1. The summed E-state index contributed by atoms with van der Waals surface area (Å²) in [6.07, 6.45) is 0.279. The number of benzene rings is 1. The lowest BCUT2D eigenvalue weighted by Crippen LogP contribution is -2.38. The fourth-order valence-electron chi connectivity index (χ4n) is 1.21. The van der Waals surface area contributed by atoms with Crippen molar-refractivity contribution >= 4 is 6.03 Å². The van der Waals surface area contributed by atoms with Crippen molar-refractivity contribution in [3.63, 3.8) is 0 Å². The summed E-state index contributed by atoms with van der Waals surface area (Å²) in [7, 11) is 1.55. The van der Waals surface area contributed by atoms with Crippen molar-refractivity contribution in [1.29, 1.82) is 5.26 Å². The van der Waals surface area contributed by atoms with Crippen molar-refractivity contribution in [2.75, 3.05) is 20.4 Å². The van der Waals surface area contributed by atoms with Crippen LogP contribution in [-0.2, 0) is 0 Å². The topological polar surface area (TPSA) is 83.4 Å². The molecule has 0 heterocycles. The highest BCUT2D eigenvalue weighted by atomic mass is 16.5. The smallest absolute Gasteiger partial charge is 0.317 e. The van der Waals surface area contributed by atoms with Crippen LogP contribution in [0.25, 0.3) is 0 Å². The van der Waals surface area contributed by atoms with E-state index in [-0.39, 0.29) is 19.2 Å². The lowest BCUT2D eigenvalue weighted by Gasteiger charge is -2.11. The van der Waals surface area contributed by atoms with E-state index >= 15 is 0 Å². The minimum atomic E-state index is -0.375. The molecule has 0 fully saturated rings. The van der Waals surface area contributed by atoms with Gasteiger partial charge >= 0.3 is 6.03 Å². The fourth-order valence-corrected chi connectivity index (χ4v) is 1.21. The number of ether oxygens (including phenoxy) is 2. The van der Waals surface area contributed by atoms with E-state index in [2.05, 4.69) is 10.6 Å². The minimum Gasteiger partial charge on any atom is -0.493 e. The Kier molecular flexibility index (Phi) is 5.90. The summed E-state index contributed by atoms with van der Waals surface area (Å²) in [6.45, 7) is 0.343. The van der Waals surface area contributed by atoms with Crippen LogP contribution in [-0.4, -0.2) is 26.4 Å². The molecule has 0 saturated heterocycles. The molecule has 1 rings (SSSR count). The number of urea groups is 1. The van der Waals surface area contributed by atoms with Gasteiger partial charge in [0.2, 0.25) is 0 Å². The van der Waals surface area contributed by atoms with Gasteiger partial charge in [0.05, 0.1) is 19.6 Å². The van der Waals surface area contributed by atoms with Crippen molar-refractivity contribution in [3.8, 4) is 17.6 Å². The van der Waals surface area contributed by atoms with E-state index < -0.39 is 0 Å². The number of hydrogen-bond donors (Lipinski definition) is 2. The first-order valence-corrected chi connectivity index (χ1v) is 5.42. The first-order chi connectivity index (χ1) is 8.77. The normalized spacial score (nSPS) is 9.11. The molecule has 0 aliphatic rings. The van der Waals surface area contributed by atoms with E-state index in [1.165, 1.54) is 0 Å². The average molecular weight is 249 g/mol. The van der Waals surface area contributed by atoms with Gasteiger partial charge in [0.1, 0.15) is 0 Å². The van der Waals surface area contributed by atoms with Crippen LogP contribution in [0.2, 0.25) is 0 Å². The second-order valence-corrected chi connectivity index (χ2v) is 3.28. The van der Waals surface area contributed by atoms with Crippen LogP contribution in [0.1, 0.15) is 6.42 Å². The van der Waals surface area contributed by atoms with Crippen LogP contribution in [0.3, 0.4) is 0 Å². The van der Waals surface area contributed by atoms with Crippen LogP contribution in [0.4, 0.5) is 4.79 Å². The van der Waals surface area contributed by atoms with E-state index in [0.29, 0.717) is 18.0 Å². The molecule has 0 atom stereocenters. The maximum atomic E-state index is 11.2. The van der Waals surface area contributed by atoms with Crippen molar-refractivity contribution in [2.24, 2.45) is 0 Å². The molecule has 1 aromatic rings. The molecule has 0 bridgehead atoms. The number of carbonyl (C=O) groups excluding carboxylic acids is 1. The molecule has 2 N–H and O–H groups in total. The Balaban J connectivity index is 2.29. The fraction of sp³-hybridized carbons (Fsp3) is 0.333. The Morgan fingerprint density at radius 2 is 2.06 bits per heavy atom. The van der Waals surface area contributed by atoms with Crippen molar-refractivity contribution in [1.82, 2.24) is 10.6 Å². The molecule has 0 aliphatic heterocycles. The van der Waals surface area contributed by atoms with Crippen molar-refractivity contribution < 1.29 is 14.3 Å². The van der Waals surface area contributed by atoms with Crippen LogP contribution in [0.5, 0.6) is 11.5 Å². The average Bonchev–Trinajstić information content (AvgIpc) is 2.39. The second-order valence-electron chi connectivity index (χ2n) is 3.28. The summed E-state index contributed by atoms with van der Waals surface area (Å²) in [5, 5.41) is 13.3. The van der Waals surface area contributed by atoms with Crippen molar-refractivity contribution in [3.05, 3.63) is 24.3 Å². The standard InChI is InChI=1S/C12H15N3O3/c1-17-10-5-2-3-6-11(10)18-9-15-12(16)14-8-4-7-13/h2-3,5-6H,4,8-9H2,1H3,(H2,14,15,16). The molecular formula is C12H15N3O3. The first kappa shape index (κ1) is 13.6. The summed E-state index contributed by atoms with van der Waals surface area (Å²) < 4.78 is 10.4. The van der Waals surface area contributed by atoms with E-state index in [0.717, 1.165) is 0 Å². The largest absolute Gasteiger partial charge is 0.493 e. The maximum absolute atomic E-state index is 11.2. The zero-order valence-corrected chi connectivity index (χ0v) is 10.1. The maximum Gasteiger partial charge on any atom is 0.317 e. The van der Waals surface area contributed by atoms with Gasteiger partial charge in [-0.1, -0.05) is 12.1 Å². The SMILES string of the molecule is COc1ccccc1OCNC(=O)NCCC#N. The number of para-hydroxylation sites is 2. The lowest BCUT2D eigenvalue weighted by molar-refractivity contribution is 0.222. The number of rotatable bonds is 6. The Bertz CT molecular complexity index is 429. The first-order valence-electron chi connectivity index (χ1n) is 5.42. The third-order valence-corrected chi connectivity index (χ3v) is 2.05. The number of carbonyl (C=O) groups is 1. The van der Waals surface area contributed by atoms with Crippen LogP contribution in [0.15, 0.2) is 24.3 Å². The predicted molar refractivity (Wildman–Crippen MR) is 65.3 cm³/mol. The van der Waals surface area contributed by atoms with Gasteiger partial charge in [0.15, 0.2) is 18.2 Å². The summed E-state index contributed by atoms with van der Waals surface area (Å²) in [4.78, 5) is 11.2. The zero-order valence-electron chi connectivity index (χ0n) is 10.1. The summed E-state index contributed by atoms with van der Waals surface area (Å²) in [6, 6.07) is 8.70. The highest BCUT2D eigenvalue weighted by molar-refractivity contribution is 5.73. The molecule has 2 amide bonds. The quantitative estimate of drug-likeness (QED) is 0.587. The van der Waals surface area contributed by atoms with Gasteiger partial charge in [-0.05, 0) is 12.1 Å². The number of nitrogens with one attached hydrogen (secondary N) is 2. The Morgan fingerprint density at radius 3 is 2.72 bits per heavy atom. The predicted octanol–water partition coefficient (Wildman–Crippen LogP) is 1.24. The number of nitrogens with zero attached hydrogens (tertiary/aromatic N) is 1. The molecule has 0 radical (unpaired) electrons. The van der Waals surface area contributed by atoms with Gasteiger partial charge in [-0.3, -0.25) is 0 Å². The zero-order chi connectivity index (χ0) is 13.2. The molecule has 6 heteroatoms. The van der Waals surface area contributed by atoms with Crippen LogP contribution >= 0.6 is 0 Å². The lowest BCUT2D eigenvalue weighted by atomic mass is 10.3. The molecule has 0 spiro atoms. The Labute approximate surface area is 106 Å². The molecule has 0 aromatic heterocycles. The molecule has 6 nitrogen and oxygen atoms in total. The minimum absolute atomic E-state index is 0.0265. The van der Waals surface area contributed by atoms with Gasteiger partial charge in [-0.2, -0.15) is 5.26 Å². The monoisotopic (exact) mass is 249 g/mol. The highest BCUT2D eigenvalue weighted by Gasteiger charge is 2.03. The Hall–Kier alpha value is -2.42. The molecule has 0 saturated carbocycles. The van der Waals surface area contributed by atoms with Gasteiger partial charge < -0.3 is 20.1 Å². The molecule has 1 aromatic carbocycles. The summed E-state index contributed by atoms with van der Waals surface area (Å²) >= 11 is 0. The molecule has 96 valence electrons. The van der Waals surface area contributed by atoms with E-state index in [1.807, 2.05) is 18.2 Å². The Morgan fingerprint density at radius 1 is 1.33 bits per heavy atom. The molecule has 0 unspecified atom stereocenters. The van der Waals surface area contributed by atoms with Gasteiger partial charge in [-0.25, -0.2) is 4.79 Å². The third-order valence-electron chi connectivity index (χ3n) is 2.05. The molecule has 18 heavy (non-hydrogen) atoms. The van der Waals surface area contributed by atoms with Crippen LogP contribution in [0, 0.1) is 11.3 Å². The van der Waals surface area contributed by atoms with E-state index in [9.17, 15) is 4.79 Å². The van der Waals surface area contributed by atoms with Gasteiger partial charge in [-0.15, -0.1) is 0 Å². The van der Waals surface area contributed by atoms with Crippen LogP contribution < -0.4 is 20.1 Å². The second kappa shape index (κ2) is 7.79. The van der Waals surface area contributed by atoms with Gasteiger partial charge in [0.25, 0.3) is 0 Å². The number of methoxy groups -OCH3 is 1. The highest BCUT2D eigenvalue weighted by Crippen LogP contribution is 2.25. The van der Waals surface area contributed by atoms with Gasteiger partial charge in [0, 0.05) is 6.54 Å². The summed E-state index contributed by atoms with van der Waals surface area (Å²) in [5.74, 6) is 1.15. The number of hydrogen-bond acceptors (Lipinski definition) is 4. The third kappa shape index (κ3) is 4.61. The van der Waals surface area contributed by atoms with Crippen molar-refractivity contribution in [2.45, 2.75) is 6.42 Å².